The monoisotopic (exact) mass is 414 g/mol. The third-order valence-electron chi connectivity index (χ3n) is 4.87. The molecule has 0 spiro atoms. The predicted octanol–water partition coefficient (Wildman–Crippen LogP) is 3.49. The molecule has 1 aliphatic heterocycles. The van der Waals surface area contributed by atoms with E-state index in [4.69, 9.17) is 16.3 Å². The van der Waals surface area contributed by atoms with E-state index in [2.05, 4.69) is 5.32 Å². The number of carbonyl (C=O) groups excluding carboxylic acids is 3. The lowest BCUT2D eigenvalue weighted by Crippen LogP contribution is -2.28. The maximum atomic E-state index is 12.3. The van der Waals surface area contributed by atoms with Gasteiger partial charge in [-0.2, -0.15) is 0 Å². The fourth-order valence-corrected chi connectivity index (χ4v) is 3.51. The summed E-state index contributed by atoms with van der Waals surface area (Å²) in [5, 5.41) is 3.31. The minimum absolute atomic E-state index is 0.0714. The van der Waals surface area contributed by atoms with Crippen LogP contribution in [0.4, 0.5) is 5.69 Å². The zero-order chi connectivity index (χ0) is 21.0. The summed E-state index contributed by atoms with van der Waals surface area (Å²) in [4.78, 5) is 38.2. The lowest BCUT2D eigenvalue weighted by atomic mass is 10.1. The molecule has 2 aromatic carbocycles. The van der Waals surface area contributed by atoms with E-state index in [0.717, 1.165) is 16.7 Å². The summed E-state index contributed by atoms with van der Waals surface area (Å²) in [6.07, 6.45) is 0.0714. The van der Waals surface area contributed by atoms with Crippen molar-refractivity contribution in [1.82, 2.24) is 4.90 Å². The fraction of sp³-hybridized carbons (Fsp3) is 0.318. The molecule has 0 bridgehead atoms. The van der Waals surface area contributed by atoms with Gasteiger partial charge in [-0.3, -0.25) is 14.4 Å². The van der Waals surface area contributed by atoms with Crippen molar-refractivity contribution in [2.24, 2.45) is 5.92 Å². The van der Waals surface area contributed by atoms with Gasteiger partial charge in [0.2, 0.25) is 5.91 Å². The van der Waals surface area contributed by atoms with E-state index in [0.29, 0.717) is 17.3 Å². The normalized spacial score (nSPS) is 16.0. The molecule has 0 radical (unpaired) electrons. The highest BCUT2D eigenvalue weighted by Gasteiger charge is 2.35. The molecular weight excluding hydrogens is 392 g/mol. The van der Waals surface area contributed by atoms with Gasteiger partial charge in [-0.25, -0.2) is 0 Å². The first-order valence-electron chi connectivity index (χ1n) is 9.38. The lowest BCUT2D eigenvalue weighted by molar-refractivity contribution is -0.151. The van der Waals surface area contributed by atoms with Crippen molar-refractivity contribution in [3.05, 3.63) is 64.2 Å². The molecule has 1 aliphatic rings. The molecule has 1 N–H and O–H groups in total. The molecule has 0 unspecified atom stereocenters. The van der Waals surface area contributed by atoms with Crippen molar-refractivity contribution in [2.45, 2.75) is 26.8 Å². The summed E-state index contributed by atoms with van der Waals surface area (Å²) in [5.74, 6) is -1.68. The summed E-state index contributed by atoms with van der Waals surface area (Å²) < 4.78 is 5.14. The zero-order valence-electron chi connectivity index (χ0n) is 16.4. The largest absolute Gasteiger partial charge is 0.455 e. The number of nitrogens with zero attached hydrogens (tertiary/aromatic N) is 1. The summed E-state index contributed by atoms with van der Waals surface area (Å²) in [7, 11) is 0. The van der Waals surface area contributed by atoms with Gasteiger partial charge >= 0.3 is 5.97 Å². The van der Waals surface area contributed by atoms with Crippen LogP contribution in [0.15, 0.2) is 42.5 Å². The number of benzene rings is 2. The Bertz CT molecular complexity index is 944. The van der Waals surface area contributed by atoms with E-state index >= 15 is 0 Å². The van der Waals surface area contributed by atoms with Crippen LogP contribution in [0.5, 0.6) is 0 Å². The molecule has 6 nitrogen and oxygen atoms in total. The van der Waals surface area contributed by atoms with Crippen LogP contribution in [-0.2, 0) is 25.7 Å². The second kappa shape index (κ2) is 9.09. The Balaban J connectivity index is 1.50. The lowest BCUT2D eigenvalue weighted by Gasteiger charge is -2.17. The first-order chi connectivity index (χ1) is 13.8. The number of ether oxygens (including phenoxy) is 1. The van der Waals surface area contributed by atoms with Crippen LogP contribution >= 0.6 is 11.6 Å². The number of hydrogen-bond acceptors (Lipinski definition) is 4. The van der Waals surface area contributed by atoms with Gasteiger partial charge in [0, 0.05) is 30.2 Å². The Labute approximate surface area is 174 Å². The SMILES string of the molecule is Cc1ccc(NC(=O)COC(=O)[C@@H]2CC(=O)N(Cc3ccccc3Cl)C2)c(C)c1. The maximum absolute atomic E-state index is 12.3. The molecule has 1 heterocycles. The standard InChI is InChI=1S/C22H23ClN2O4/c1-14-7-8-19(15(2)9-14)24-20(26)13-29-22(28)17-10-21(27)25(12-17)11-16-5-3-4-6-18(16)23/h3-9,17H,10-13H2,1-2H3,(H,24,26)/t17-/m1/s1. The van der Waals surface area contributed by atoms with Gasteiger partial charge in [-0.05, 0) is 37.1 Å². The molecule has 0 aromatic heterocycles. The molecule has 2 amide bonds. The topological polar surface area (TPSA) is 75.7 Å². The van der Waals surface area contributed by atoms with E-state index in [9.17, 15) is 14.4 Å². The number of esters is 1. The molecule has 0 saturated carbocycles. The van der Waals surface area contributed by atoms with Gasteiger partial charge in [0.1, 0.15) is 0 Å². The van der Waals surface area contributed by atoms with Crippen molar-refractivity contribution in [3.8, 4) is 0 Å². The van der Waals surface area contributed by atoms with Crippen LogP contribution in [0.1, 0.15) is 23.1 Å². The zero-order valence-corrected chi connectivity index (χ0v) is 17.2. The number of carbonyl (C=O) groups is 3. The van der Waals surface area contributed by atoms with Gasteiger partial charge in [0.25, 0.3) is 5.91 Å². The molecule has 3 rings (SSSR count). The summed E-state index contributed by atoms with van der Waals surface area (Å²) in [5.41, 5.74) is 3.53. The van der Waals surface area contributed by atoms with Crippen molar-refractivity contribution >= 4 is 35.1 Å². The van der Waals surface area contributed by atoms with Crippen molar-refractivity contribution in [1.29, 1.82) is 0 Å². The van der Waals surface area contributed by atoms with E-state index in [1.165, 1.54) is 0 Å². The van der Waals surface area contributed by atoms with Crippen molar-refractivity contribution < 1.29 is 19.1 Å². The number of aryl methyl sites for hydroxylation is 2. The number of hydrogen-bond donors (Lipinski definition) is 1. The molecule has 1 saturated heterocycles. The van der Waals surface area contributed by atoms with Crippen LogP contribution in [0.25, 0.3) is 0 Å². The summed E-state index contributed by atoms with van der Waals surface area (Å²) in [6, 6.07) is 12.9. The quantitative estimate of drug-likeness (QED) is 0.734. The molecule has 2 aromatic rings. The third-order valence-corrected chi connectivity index (χ3v) is 5.24. The average Bonchev–Trinajstić information content (AvgIpc) is 3.04. The molecule has 1 atom stereocenters. The van der Waals surface area contributed by atoms with E-state index in [-0.39, 0.29) is 25.5 Å². The first-order valence-corrected chi connectivity index (χ1v) is 9.76. The van der Waals surface area contributed by atoms with Crippen LogP contribution in [0.3, 0.4) is 0 Å². The van der Waals surface area contributed by atoms with Gasteiger partial charge in [0.05, 0.1) is 5.92 Å². The minimum atomic E-state index is -0.584. The molecule has 0 aliphatic carbocycles. The highest BCUT2D eigenvalue weighted by Crippen LogP contribution is 2.24. The molecule has 152 valence electrons. The number of nitrogens with one attached hydrogen (secondary N) is 1. The fourth-order valence-electron chi connectivity index (χ4n) is 3.31. The first kappa shape index (κ1) is 20.9. The summed E-state index contributed by atoms with van der Waals surface area (Å²) in [6.45, 7) is 4.07. The van der Waals surface area contributed by atoms with Crippen LogP contribution in [0.2, 0.25) is 5.02 Å². The van der Waals surface area contributed by atoms with Gasteiger partial charge < -0.3 is 15.0 Å². The molecule has 29 heavy (non-hydrogen) atoms. The van der Waals surface area contributed by atoms with Crippen LogP contribution in [-0.4, -0.2) is 35.8 Å². The predicted molar refractivity (Wildman–Crippen MR) is 110 cm³/mol. The minimum Gasteiger partial charge on any atom is -0.455 e. The molecular formula is C22H23ClN2O4. The average molecular weight is 415 g/mol. The number of halogens is 1. The van der Waals surface area contributed by atoms with Crippen molar-refractivity contribution in [3.63, 3.8) is 0 Å². The Kier molecular flexibility index (Phi) is 6.54. The van der Waals surface area contributed by atoms with E-state index < -0.39 is 17.8 Å². The Morgan fingerprint density at radius 2 is 1.97 bits per heavy atom. The number of amides is 2. The van der Waals surface area contributed by atoms with Crippen LogP contribution < -0.4 is 5.32 Å². The van der Waals surface area contributed by atoms with E-state index in [1.54, 1.807) is 11.0 Å². The van der Waals surface area contributed by atoms with Crippen LogP contribution in [0, 0.1) is 19.8 Å². The van der Waals surface area contributed by atoms with Gasteiger partial charge in [-0.1, -0.05) is 47.5 Å². The van der Waals surface area contributed by atoms with Gasteiger partial charge in [-0.15, -0.1) is 0 Å². The van der Waals surface area contributed by atoms with E-state index in [1.807, 2.05) is 50.2 Å². The summed E-state index contributed by atoms with van der Waals surface area (Å²) >= 11 is 6.15. The number of likely N-dealkylation sites (tertiary alicyclic amines) is 1. The highest BCUT2D eigenvalue weighted by molar-refractivity contribution is 6.31. The number of rotatable bonds is 6. The Morgan fingerprint density at radius 1 is 1.21 bits per heavy atom. The van der Waals surface area contributed by atoms with Gasteiger partial charge in [0.15, 0.2) is 6.61 Å². The third kappa shape index (κ3) is 5.35. The second-order valence-electron chi connectivity index (χ2n) is 7.24. The Hall–Kier alpha value is -2.86. The maximum Gasteiger partial charge on any atom is 0.311 e. The second-order valence-corrected chi connectivity index (χ2v) is 7.65. The smallest absolute Gasteiger partial charge is 0.311 e. The number of anilines is 1. The Morgan fingerprint density at radius 3 is 2.69 bits per heavy atom. The molecule has 1 fully saturated rings. The van der Waals surface area contributed by atoms with Crippen molar-refractivity contribution in [2.75, 3.05) is 18.5 Å². The molecule has 7 heteroatoms. The highest BCUT2D eigenvalue weighted by atomic mass is 35.5.